The Balaban J connectivity index is 1.65. The molecule has 0 spiro atoms. The van der Waals surface area contributed by atoms with Crippen molar-refractivity contribution in [2.24, 2.45) is 7.05 Å². The van der Waals surface area contributed by atoms with Crippen LogP contribution in [-0.4, -0.2) is 53.0 Å². The highest BCUT2D eigenvalue weighted by atomic mass is 35.5. The molecule has 7 nitrogen and oxygen atoms in total. The molecule has 1 fully saturated rings. The van der Waals surface area contributed by atoms with Crippen LogP contribution in [0.15, 0.2) is 36.7 Å². The van der Waals surface area contributed by atoms with E-state index in [2.05, 4.69) is 15.0 Å². The van der Waals surface area contributed by atoms with Crippen LogP contribution in [0.2, 0.25) is 5.02 Å². The van der Waals surface area contributed by atoms with Gasteiger partial charge in [0.15, 0.2) is 0 Å². The van der Waals surface area contributed by atoms with Crippen LogP contribution in [0.1, 0.15) is 10.4 Å². The summed E-state index contributed by atoms with van der Waals surface area (Å²) in [6.45, 7) is 1.99. The second-order valence-corrected chi connectivity index (χ2v) is 7.34. The fourth-order valence-electron chi connectivity index (χ4n) is 3.43. The number of aromatic nitrogens is 2. The molecule has 1 N–H and O–H groups in total. The van der Waals surface area contributed by atoms with Crippen LogP contribution >= 0.6 is 11.6 Å². The molecule has 3 heterocycles. The molecule has 3 aromatic rings. The Morgan fingerprint density at radius 3 is 2.68 bits per heavy atom. The van der Waals surface area contributed by atoms with Gasteiger partial charge in [-0.2, -0.15) is 0 Å². The van der Waals surface area contributed by atoms with Crippen molar-refractivity contribution in [3.63, 3.8) is 0 Å². The van der Waals surface area contributed by atoms with E-state index in [0.29, 0.717) is 54.3 Å². The minimum atomic E-state index is -4.81. The molecule has 0 atom stereocenters. The number of hydrogen-bond donors (Lipinski definition) is 1. The number of nitrogens with one attached hydrogen (secondary N) is 1. The number of benzene rings is 1. The first-order chi connectivity index (χ1) is 14.7. The van der Waals surface area contributed by atoms with Crippen molar-refractivity contribution >= 4 is 39.9 Å². The third kappa shape index (κ3) is 4.54. The molecule has 11 heteroatoms. The zero-order chi connectivity index (χ0) is 22.2. The molecule has 1 aliphatic heterocycles. The van der Waals surface area contributed by atoms with E-state index in [9.17, 15) is 18.0 Å². The molecular weight excluding hydrogens is 437 g/mol. The normalized spacial score (nSPS) is 14.7. The number of hydrogen-bond acceptors (Lipinski definition) is 5. The monoisotopic (exact) mass is 454 g/mol. The zero-order valence-corrected chi connectivity index (χ0v) is 17.1. The topological polar surface area (TPSA) is 68.6 Å². The van der Waals surface area contributed by atoms with Crippen LogP contribution < -0.4 is 10.1 Å². The lowest BCUT2D eigenvalue weighted by Crippen LogP contribution is -2.40. The first-order valence-corrected chi connectivity index (χ1v) is 9.74. The number of rotatable bonds is 4. The maximum Gasteiger partial charge on any atom is 0.573 e. The van der Waals surface area contributed by atoms with Crippen LogP contribution in [0.25, 0.3) is 10.9 Å². The van der Waals surface area contributed by atoms with E-state index in [-0.39, 0.29) is 10.9 Å². The lowest BCUT2D eigenvalue weighted by atomic mass is 10.1. The number of morpholine rings is 1. The molecule has 2 aromatic heterocycles. The lowest BCUT2D eigenvalue weighted by molar-refractivity contribution is -0.274. The van der Waals surface area contributed by atoms with Crippen molar-refractivity contribution in [2.45, 2.75) is 6.36 Å². The summed E-state index contributed by atoms with van der Waals surface area (Å²) in [4.78, 5) is 19.1. The third-order valence-electron chi connectivity index (χ3n) is 4.86. The Morgan fingerprint density at radius 2 is 2.00 bits per heavy atom. The zero-order valence-electron chi connectivity index (χ0n) is 16.4. The van der Waals surface area contributed by atoms with E-state index in [4.69, 9.17) is 16.3 Å². The molecule has 0 saturated carbocycles. The minimum absolute atomic E-state index is 0.0288. The summed E-state index contributed by atoms with van der Waals surface area (Å²) in [5.41, 5.74) is 1.48. The number of carbonyl (C=O) groups is 1. The predicted octanol–water partition coefficient (Wildman–Crippen LogP) is 4.34. The fraction of sp³-hybridized carbons (Fsp3) is 0.300. The van der Waals surface area contributed by atoms with Gasteiger partial charge >= 0.3 is 6.36 Å². The summed E-state index contributed by atoms with van der Waals surface area (Å²) in [5, 5.41) is 3.73. The molecule has 4 rings (SSSR count). The lowest BCUT2D eigenvalue weighted by Gasteiger charge is -2.27. The minimum Gasteiger partial charge on any atom is -0.406 e. The largest absolute Gasteiger partial charge is 0.573 e. The number of pyridine rings is 1. The number of alkyl halides is 3. The summed E-state index contributed by atoms with van der Waals surface area (Å²) in [6, 6.07) is 5.39. The number of carbonyl (C=O) groups excluding carboxylic acids is 1. The van der Waals surface area contributed by atoms with Crippen molar-refractivity contribution < 1.29 is 27.4 Å². The highest BCUT2D eigenvalue weighted by Gasteiger charge is 2.31. The molecule has 0 aliphatic carbocycles. The van der Waals surface area contributed by atoms with Gasteiger partial charge in [-0.05, 0) is 18.2 Å². The summed E-state index contributed by atoms with van der Waals surface area (Å²) in [6.07, 6.45) is -1.52. The van der Waals surface area contributed by atoms with Crippen molar-refractivity contribution in [2.75, 3.05) is 31.6 Å². The van der Waals surface area contributed by atoms with Gasteiger partial charge in [-0.15, -0.1) is 13.2 Å². The van der Waals surface area contributed by atoms with E-state index in [1.54, 1.807) is 17.2 Å². The highest BCUT2D eigenvalue weighted by Crippen LogP contribution is 2.34. The maximum absolute atomic E-state index is 13.0. The van der Waals surface area contributed by atoms with Crippen LogP contribution in [0, 0.1) is 0 Å². The average Bonchev–Trinajstić information content (AvgIpc) is 3.11. The SMILES string of the molecule is Cn1ccc2c(Nc3ccc(OC(F)(F)F)cc3Cl)ncc(C(=O)N3CCOCC3)c21. The number of halogens is 4. The number of ether oxygens (including phenoxy) is 2. The van der Waals surface area contributed by atoms with E-state index < -0.39 is 12.1 Å². The van der Waals surface area contributed by atoms with E-state index >= 15 is 0 Å². The Kier molecular flexibility index (Phi) is 5.67. The Morgan fingerprint density at radius 1 is 1.26 bits per heavy atom. The van der Waals surface area contributed by atoms with Gasteiger partial charge in [0, 0.05) is 44.0 Å². The molecule has 1 aromatic carbocycles. The Bertz CT molecular complexity index is 1130. The van der Waals surface area contributed by atoms with E-state index in [1.807, 2.05) is 11.6 Å². The van der Waals surface area contributed by atoms with Gasteiger partial charge in [0.1, 0.15) is 11.6 Å². The Labute approximate surface area is 180 Å². The van der Waals surface area contributed by atoms with Crippen LogP contribution in [-0.2, 0) is 11.8 Å². The first kappa shape index (κ1) is 21.3. The van der Waals surface area contributed by atoms with Crippen molar-refractivity contribution in [3.8, 4) is 5.75 Å². The quantitative estimate of drug-likeness (QED) is 0.635. The second-order valence-electron chi connectivity index (χ2n) is 6.93. The van der Waals surface area contributed by atoms with Gasteiger partial charge in [-0.25, -0.2) is 4.98 Å². The summed E-state index contributed by atoms with van der Waals surface area (Å²) < 4.78 is 48.2. The van der Waals surface area contributed by atoms with Gasteiger partial charge in [-0.3, -0.25) is 4.79 Å². The number of amides is 1. The number of nitrogens with zero attached hydrogens (tertiary/aromatic N) is 3. The van der Waals surface area contributed by atoms with Crippen LogP contribution in [0.5, 0.6) is 5.75 Å². The number of fused-ring (bicyclic) bond motifs is 1. The summed E-state index contributed by atoms with van der Waals surface area (Å²) in [5.74, 6) is -0.145. The number of anilines is 2. The molecule has 1 saturated heterocycles. The standard InChI is InChI=1S/C20H18ClF3N4O3/c1-27-5-4-13-17(27)14(19(29)28-6-8-30-9-7-28)11-25-18(13)26-16-3-2-12(10-15(16)21)31-20(22,23)24/h2-5,10-11H,6-9H2,1H3,(H,25,26). The molecule has 0 bridgehead atoms. The molecule has 0 unspecified atom stereocenters. The van der Waals surface area contributed by atoms with Gasteiger partial charge in [0.2, 0.25) is 0 Å². The van der Waals surface area contributed by atoms with Gasteiger partial charge < -0.3 is 24.3 Å². The molecular formula is C20H18ClF3N4O3. The molecule has 0 radical (unpaired) electrons. The fourth-order valence-corrected chi connectivity index (χ4v) is 3.65. The third-order valence-corrected chi connectivity index (χ3v) is 5.17. The van der Waals surface area contributed by atoms with Crippen molar-refractivity contribution in [1.82, 2.24) is 14.5 Å². The van der Waals surface area contributed by atoms with Crippen molar-refractivity contribution in [3.05, 3.63) is 47.2 Å². The maximum atomic E-state index is 13.0. The predicted molar refractivity (Wildman–Crippen MR) is 109 cm³/mol. The summed E-state index contributed by atoms with van der Waals surface area (Å²) >= 11 is 6.13. The molecule has 1 aliphatic rings. The van der Waals surface area contributed by atoms with Gasteiger partial charge in [-0.1, -0.05) is 11.6 Å². The van der Waals surface area contributed by atoms with Crippen molar-refractivity contribution in [1.29, 1.82) is 0 Å². The highest BCUT2D eigenvalue weighted by molar-refractivity contribution is 6.33. The van der Waals surface area contributed by atoms with E-state index in [1.165, 1.54) is 12.3 Å². The van der Waals surface area contributed by atoms with Crippen LogP contribution in [0.3, 0.4) is 0 Å². The Hall–Kier alpha value is -2.98. The second kappa shape index (κ2) is 8.27. The molecule has 1 amide bonds. The summed E-state index contributed by atoms with van der Waals surface area (Å²) in [7, 11) is 1.82. The molecule has 164 valence electrons. The first-order valence-electron chi connectivity index (χ1n) is 9.36. The molecule has 31 heavy (non-hydrogen) atoms. The average molecular weight is 455 g/mol. The van der Waals surface area contributed by atoms with Crippen LogP contribution in [0.4, 0.5) is 24.7 Å². The smallest absolute Gasteiger partial charge is 0.406 e. The number of aryl methyl sites for hydroxylation is 1. The van der Waals surface area contributed by atoms with Gasteiger partial charge in [0.05, 0.1) is 35.0 Å². The van der Waals surface area contributed by atoms with E-state index in [0.717, 1.165) is 12.1 Å². The van der Waals surface area contributed by atoms with Gasteiger partial charge in [0.25, 0.3) is 5.91 Å².